The van der Waals surface area contributed by atoms with Crippen molar-refractivity contribution in [1.82, 2.24) is 4.90 Å². The third kappa shape index (κ3) is 4.68. The summed E-state index contributed by atoms with van der Waals surface area (Å²) < 4.78 is 47.0. The van der Waals surface area contributed by atoms with Crippen molar-refractivity contribution >= 4 is 16.9 Å². The molecule has 180 valence electrons. The first-order valence-corrected chi connectivity index (χ1v) is 11.5. The highest BCUT2D eigenvalue weighted by molar-refractivity contribution is 5.98. The summed E-state index contributed by atoms with van der Waals surface area (Å²) in [6.07, 6.45) is -0.622. The van der Waals surface area contributed by atoms with Gasteiger partial charge in [0.2, 0.25) is 0 Å². The Labute approximate surface area is 201 Å². The Bertz CT molecular complexity index is 1380. The second-order valence-electron chi connectivity index (χ2n) is 9.10. The number of furan rings is 1. The zero-order chi connectivity index (χ0) is 24.7. The number of fused-ring (bicyclic) bond motifs is 1. The molecule has 7 heteroatoms. The Morgan fingerprint density at radius 1 is 0.971 bits per heavy atom. The number of nitrogens with zero attached hydrogens (tertiary/aromatic N) is 1. The van der Waals surface area contributed by atoms with E-state index in [0.29, 0.717) is 22.5 Å². The van der Waals surface area contributed by atoms with E-state index in [0.717, 1.165) is 27.6 Å². The molecule has 4 aromatic rings. The molecule has 1 fully saturated rings. The lowest BCUT2D eigenvalue weighted by atomic mass is 9.95. The minimum Gasteiger partial charge on any atom is -0.459 e. The maximum absolute atomic E-state index is 14.2. The number of piperidine rings is 1. The van der Waals surface area contributed by atoms with Crippen molar-refractivity contribution in [1.29, 1.82) is 0 Å². The zero-order valence-corrected chi connectivity index (χ0v) is 19.3. The van der Waals surface area contributed by atoms with Crippen molar-refractivity contribution in [3.05, 3.63) is 83.4 Å². The third-order valence-corrected chi connectivity index (χ3v) is 6.47. The van der Waals surface area contributed by atoms with E-state index in [4.69, 9.17) is 10.2 Å². The summed E-state index contributed by atoms with van der Waals surface area (Å²) in [5, 5.41) is 0.842. The molecule has 1 saturated heterocycles. The van der Waals surface area contributed by atoms with Crippen LogP contribution in [0.5, 0.6) is 0 Å². The molecule has 2 heterocycles. The lowest BCUT2D eigenvalue weighted by Gasteiger charge is -2.31. The van der Waals surface area contributed by atoms with Crippen LogP contribution < -0.4 is 5.73 Å². The van der Waals surface area contributed by atoms with Crippen LogP contribution in [0.25, 0.3) is 33.2 Å². The van der Waals surface area contributed by atoms with Crippen LogP contribution in [-0.4, -0.2) is 29.8 Å². The molecule has 5 rings (SSSR count). The molecule has 1 amide bonds. The molecule has 2 N–H and O–H groups in total. The minimum atomic E-state index is -2.70. The number of aryl methyl sites for hydroxylation is 1. The van der Waals surface area contributed by atoms with E-state index >= 15 is 0 Å². The molecule has 0 unspecified atom stereocenters. The molecule has 3 aromatic carbocycles. The average molecular weight is 479 g/mol. The first kappa shape index (κ1) is 23.2. The van der Waals surface area contributed by atoms with E-state index in [2.05, 4.69) is 0 Å². The van der Waals surface area contributed by atoms with E-state index in [1.165, 1.54) is 17.0 Å². The van der Waals surface area contributed by atoms with Gasteiger partial charge in [0.1, 0.15) is 17.2 Å². The van der Waals surface area contributed by atoms with Gasteiger partial charge in [-0.05, 0) is 71.6 Å². The molecular formula is C28H25F3N2O2. The lowest BCUT2D eigenvalue weighted by Crippen LogP contribution is -2.42. The van der Waals surface area contributed by atoms with Gasteiger partial charge < -0.3 is 15.1 Å². The van der Waals surface area contributed by atoms with Gasteiger partial charge in [-0.2, -0.15) is 0 Å². The van der Waals surface area contributed by atoms with Crippen LogP contribution in [-0.2, 0) is 6.54 Å². The van der Waals surface area contributed by atoms with Gasteiger partial charge in [0.05, 0.1) is 6.54 Å². The normalized spacial score (nSPS) is 15.5. The van der Waals surface area contributed by atoms with Gasteiger partial charge in [-0.25, -0.2) is 13.2 Å². The van der Waals surface area contributed by atoms with Gasteiger partial charge in [0.25, 0.3) is 11.8 Å². The highest BCUT2D eigenvalue weighted by atomic mass is 19.3. The van der Waals surface area contributed by atoms with Crippen molar-refractivity contribution < 1.29 is 22.4 Å². The number of rotatable bonds is 4. The van der Waals surface area contributed by atoms with Crippen LogP contribution >= 0.6 is 0 Å². The fourth-order valence-electron chi connectivity index (χ4n) is 4.60. The van der Waals surface area contributed by atoms with Crippen molar-refractivity contribution in [2.45, 2.75) is 32.2 Å². The summed E-state index contributed by atoms with van der Waals surface area (Å²) in [6, 6.07) is 17.7. The quantitative estimate of drug-likeness (QED) is 0.362. The SMILES string of the molecule is Cc1cc(F)cc(-c2cc(-c3ccc(C(=O)N4CCC(F)(F)CC4)cc3)cc3cc(CN)oc23)c1. The van der Waals surface area contributed by atoms with Crippen LogP contribution in [0, 0.1) is 12.7 Å². The van der Waals surface area contributed by atoms with Gasteiger partial charge >= 0.3 is 0 Å². The van der Waals surface area contributed by atoms with Crippen LogP contribution in [0.2, 0.25) is 0 Å². The standard InChI is InChI=1S/C28H25F3N2O2/c1-17-10-21(13-23(29)11-17)25-15-20(12-22-14-24(16-32)35-26(22)25)18-2-4-19(5-3-18)27(34)33-8-6-28(30,31)7-9-33/h2-5,10-15H,6-9,16,32H2,1H3. The molecule has 0 saturated carbocycles. The summed E-state index contributed by atoms with van der Waals surface area (Å²) in [4.78, 5) is 14.3. The summed E-state index contributed by atoms with van der Waals surface area (Å²) in [6.45, 7) is 2.17. The molecule has 35 heavy (non-hydrogen) atoms. The molecule has 0 aliphatic carbocycles. The summed E-state index contributed by atoms with van der Waals surface area (Å²) >= 11 is 0. The van der Waals surface area contributed by atoms with Crippen LogP contribution in [0.4, 0.5) is 13.2 Å². The molecule has 0 atom stereocenters. The summed E-state index contributed by atoms with van der Waals surface area (Å²) in [5.74, 6) is -2.66. The number of carbonyl (C=O) groups excluding carboxylic acids is 1. The first-order chi connectivity index (χ1) is 16.7. The van der Waals surface area contributed by atoms with Gasteiger partial charge in [-0.15, -0.1) is 0 Å². The molecule has 4 nitrogen and oxygen atoms in total. The van der Waals surface area contributed by atoms with Gasteiger partial charge in [-0.3, -0.25) is 4.79 Å². The fraction of sp³-hybridized carbons (Fsp3) is 0.250. The predicted octanol–water partition coefficient (Wildman–Crippen LogP) is 6.54. The Hall–Kier alpha value is -3.58. The number of halogens is 3. The lowest BCUT2D eigenvalue weighted by molar-refractivity contribution is -0.0494. The molecule has 0 spiro atoms. The number of amides is 1. The van der Waals surface area contributed by atoms with Gasteiger partial charge in [-0.1, -0.05) is 18.2 Å². The van der Waals surface area contributed by atoms with Crippen molar-refractivity contribution in [3.63, 3.8) is 0 Å². The topological polar surface area (TPSA) is 59.5 Å². The maximum Gasteiger partial charge on any atom is 0.253 e. The Morgan fingerprint density at radius 2 is 1.69 bits per heavy atom. The monoisotopic (exact) mass is 478 g/mol. The number of carbonyl (C=O) groups is 1. The molecule has 0 bridgehead atoms. The Balaban J connectivity index is 1.50. The largest absolute Gasteiger partial charge is 0.459 e. The summed E-state index contributed by atoms with van der Waals surface area (Å²) in [7, 11) is 0. The van der Waals surface area contributed by atoms with E-state index in [1.54, 1.807) is 12.1 Å². The van der Waals surface area contributed by atoms with Crippen molar-refractivity contribution in [2.24, 2.45) is 5.73 Å². The number of nitrogens with two attached hydrogens (primary N) is 1. The second kappa shape index (κ2) is 8.89. The number of hydrogen-bond acceptors (Lipinski definition) is 3. The van der Waals surface area contributed by atoms with Crippen molar-refractivity contribution in [3.8, 4) is 22.3 Å². The highest BCUT2D eigenvalue weighted by Gasteiger charge is 2.35. The van der Waals surface area contributed by atoms with E-state index in [1.807, 2.05) is 43.3 Å². The Kier molecular flexibility index (Phi) is 5.89. The molecular weight excluding hydrogens is 453 g/mol. The minimum absolute atomic E-state index is 0.0463. The summed E-state index contributed by atoms with van der Waals surface area (Å²) in [5.41, 5.74) is 10.8. The van der Waals surface area contributed by atoms with E-state index in [9.17, 15) is 18.0 Å². The smallest absolute Gasteiger partial charge is 0.253 e. The van der Waals surface area contributed by atoms with Crippen LogP contribution in [0.1, 0.15) is 34.5 Å². The first-order valence-electron chi connectivity index (χ1n) is 11.5. The highest BCUT2D eigenvalue weighted by Crippen LogP contribution is 2.37. The van der Waals surface area contributed by atoms with E-state index in [-0.39, 0.29) is 44.2 Å². The van der Waals surface area contributed by atoms with E-state index < -0.39 is 5.92 Å². The number of benzene rings is 3. The molecule has 1 aromatic heterocycles. The molecule has 0 radical (unpaired) electrons. The molecule has 1 aliphatic heterocycles. The third-order valence-electron chi connectivity index (χ3n) is 6.47. The molecule has 1 aliphatic rings. The number of hydrogen-bond donors (Lipinski definition) is 1. The second-order valence-corrected chi connectivity index (χ2v) is 9.10. The van der Waals surface area contributed by atoms with Crippen molar-refractivity contribution in [2.75, 3.05) is 13.1 Å². The van der Waals surface area contributed by atoms with Gasteiger partial charge in [0.15, 0.2) is 0 Å². The number of likely N-dealkylation sites (tertiary alicyclic amines) is 1. The zero-order valence-electron chi connectivity index (χ0n) is 19.3. The van der Waals surface area contributed by atoms with Crippen LogP contribution in [0.15, 0.2) is 65.1 Å². The Morgan fingerprint density at radius 3 is 2.34 bits per heavy atom. The maximum atomic E-state index is 14.2. The average Bonchev–Trinajstić information content (AvgIpc) is 3.26. The van der Waals surface area contributed by atoms with Gasteiger partial charge in [0, 0.05) is 42.4 Å². The van der Waals surface area contributed by atoms with Crippen LogP contribution in [0.3, 0.4) is 0 Å². The fourth-order valence-corrected chi connectivity index (χ4v) is 4.60. The number of alkyl halides is 2. The predicted molar refractivity (Wildman–Crippen MR) is 130 cm³/mol.